The number of hydrogen-bond acceptors (Lipinski definition) is 7. The van der Waals surface area contributed by atoms with Gasteiger partial charge in [-0.3, -0.25) is 14.2 Å². The molecule has 1 amide bonds. The molecule has 2 N–H and O–H groups in total. The number of nitrogens with one attached hydrogen (secondary N) is 2. The van der Waals surface area contributed by atoms with Crippen molar-refractivity contribution in [2.75, 3.05) is 22.5 Å². The fourth-order valence-electron chi connectivity index (χ4n) is 4.71. The van der Waals surface area contributed by atoms with Crippen LogP contribution in [0.5, 0.6) is 0 Å². The van der Waals surface area contributed by atoms with Gasteiger partial charge in [0, 0.05) is 23.5 Å². The molecule has 33 heavy (non-hydrogen) atoms. The van der Waals surface area contributed by atoms with E-state index in [0.717, 1.165) is 21.8 Å². The van der Waals surface area contributed by atoms with Crippen LogP contribution in [0.4, 0.5) is 11.4 Å². The Balaban J connectivity index is 1.15. The van der Waals surface area contributed by atoms with Crippen molar-refractivity contribution in [3.05, 3.63) is 62.8 Å². The second-order valence-corrected chi connectivity index (χ2v) is 9.60. The number of rotatable bonds is 5. The molecule has 0 spiro atoms. The van der Waals surface area contributed by atoms with Gasteiger partial charge >= 0.3 is 5.69 Å². The van der Waals surface area contributed by atoms with Crippen molar-refractivity contribution < 1.29 is 14.3 Å². The van der Waals surface area contributed by atoms with Gasteiger partial charge in [-0.05, 0) is 43.2 Å². The Bertz CT molecular complexity index is 1410. The highest BCUT2D eigenvalue weighted by molar-refractivity contribution is 8.00. The Labute approximate surface area is 192 Å². The molecule has 7 rings (SSSR count). The number of carbonyl (C=O) groups excluding carboxylic acids is 1. The highest BCUT2D eigenvalue weighted by atomic mass is 32.2. The van der Waals surface area contributed by atoms with Crippen LogP contribution in [0, 0.1) is 6.92 Å². The third-order valence-corrected chi connectivity index (χ3v) is 7.46. The Hall–Kier alpha value is -3.08. The van der Waals surface area contributed by atoms with Crippen molar-refractivity contribution in [3.8, 4) is 0 Å². The van der Waals surface area contributed by atoms with E-state index in [2.05, 4.69) is 10.3 Å². The smallest absolute Gasteiger partial charge is 0.324 e. The molecule has 0 atom stereocenters. The number of aromatic amines is 1. The van der Waals surface area contributed by atoms with Gasteiger partial charge < -0.3 is 24.7 Å². The highest BCUT2D eigenvalue weighted by Crippen LogP contribution is 2.46. The first-order valence-corrected chi connectivity index (χ1v) is 11.8. The van der Waals surface area contributed by atoms with Crippen molar-refractivity contribution >= 4 is 39.9 Å². The normalized spacial score (nSPS) is 23.4. The first-order chi connectivity index (χ1) is 15.9. The van der Waals surface area contributed by atoms with E-state index < -0.39 is 17.9 Å². The third kappa shape index (κ3) is 3.36. The van der Waals surface area contributed by atoms with Crippen LogP contribution in [0.3, 0.4) is 0 Å². The number of aryl methyl sites for hydroxylation is 1. The number of aromatic nitrogens is 2. The number of ether oxygens (including phenoxy) is 2. The minimum absolute atomic E-state index is 0.00609. The van der Waals surface area contributed by atoms with Crippen molar-refractivity contribution in [2.45, 2.75) is 43.4 Å². The molecule has 2 bridgehead atoms. The van der Waals surface area contributed by atoms with Crippen LogP contribution in [0.25, 0.3) is 10.9 Å². The van der Waals surface area contributed by atoms with Gasteiger partial charge in [-0.1, -0.05) is 12.1 Å². The van der Waals surface area contributed by atoms with Gasteiger partial charge in [0.1, 0.15) is 0 Å². The van der Waals surface area contributed by atoms with E-state index >= 15 is 0 Å². The van der Waals surface area contributed by atoms with Crippen molar-refractivity contribution in [1.29, 1.82) is 0 Å². The summed E-state index contributed by atoms with van der Waals surface area (Å²) in [7, 11) is 0. The lowest BCUT2D eigenvalue weighted by atomic mass is 10.1. The second-order valence-electron chi connectivity index (χ2n) is 8.59. The molecule has 2 aromatic carbocycles. The summed E-state index contributed by atoms with van der Waals surface area (Å²) in [4.78, 5) is 42.9. The molecule has 3 saturated heterocycles. The SMILES string of the molecule is Cc1cccc2c(=O)n(CCCC34CN(c5ccc6c(c5)NC(=O)CS6)C(O3)O4)c(=O)[nH]c12. The van der Waals surface area contributed by atoms with Crippen LogP contribution < -0.4 is 21.5 Å². The van der Waals surface area contributed by atoms with Crippen molar-refractivity contribution in [3.63, 3.8) is 0 Å². The van der Waals surface area contributed by atoms with E-state index in [1.165, 1.54) is 16.3 Å². The zero-order valence-electron chi connectivity index (χ0n) is 17.9. The lowest BCUT2D eigenvalue weighted by molar-refractivity contribution is -0.406. The fourth-order valence-corrected chi connectivity index (χ4v) is 5.49. The predicted octanol–water partition coefficient (Wildman–Crippen LogP) is 2.37. The summed E-state index contributed by atoms with van der Waals surface area (Å²) >= 11 is 1.52. The van der Waals surface area contributed by atoms with Gasteiger partial charge in [-0.25, -0.2) is 4.79 Å². The molecule has 170 valence electrons. The van der Waals surface area contributed by atoms with E-state index in [4.69, 9.17) is 9.47 Å². The number of para-hydroxylation sites is 1. The molecule has 0 unspecified atom stereocenters. The Kier molecular flexibility index (Phi) is 4.65. The van der Waals surface area contributed by atoms with Crippen molar-refractivity contribution in [1.82, 2.24) is 9.55 Å². The Morgan fingerprint density at radius 3 is 2.88 bits per heavy atom. The minimum Gasteiger partial charge on any atom is -0.324 e. The van der Waals surface area contributed by atoms with E-state index in [9.17, 15) is 14.4 Å². The van der Waals surface area contributed by atoms with E-state index in [1.807, 2.05) is 42.2 Å². The van der Waals surface area contributed by atoms with Gasteiger partial charge in [0.2, 0.25) is 12.3 Å². The first kappa shape index (κ1) is 20.5. The summed E-state index contributed by atoms with van der Waals surface area (Å²) in [6.07, 6.45) is 0.636. The molecule has 10 heteroatoms. The number of benzene rings is 2. The summed E-state index contributed by atoms with van der Waals surface area (Å²) in [6.45, 7) is 2.68. The third-order valence-electron chi connectivity index (χ3n) is 6.39. The van der Waals surface area contributed by atoms with Crippen LogP contribution in [0.2, 0.25) is 0 Å². The number of hydrogen-bond donors (Lipinski definition) is 2. The highest BCUT2D eigenvalue weighted by Gasteiger charge is 2.58. The molecule has 9 nitrogen and oxygen atoms in total. The molecule has 3 fully saturated rings. The van der Waals surface area contributed by atoms with Crippen LogP contribution in [-0.2, 0) is 20.8 Å². The average Bonchev–Trinajstić information content (AvgIpc) is 3.32. The first-order valence-electron chi connectivity index (χ1n) is 10.8. The topological polar surface area (TPSA) is 106 Å². The lowest BCUT2D eigenvalue weighted by Gasteiger charge is -2.37. The maximum absolute atomic E-state index is 12.8. The zero-order chi connectivity index (χ0) is 22.7. The Morgan fingerprint density at radius 2 is 2.03 bits per heavy atom. The molecule has 4 aliphatic rings. The summed E-state index contributed by atoms with van der Waals surface area (Å²) in [5.41, 5.74) is 2.47. The largest absolute Gasteiger partial charge is 0.328 e. The number of fused-ring (bicyclic) bond motifs is 3. The molecule has 1 aromatic heterocycles. The number of H-pyrrole nitrogens is 1. The molecule has 0 radical (unpaired) electrons. The van der Waals surface area contributed by atoms with E-state index in [-0.39, 0.29) is 18.0 Å². The number of anilines is 2. The predicted molar refractivity (Wildman–Crippen MR) is 125 cm³/mol. The quantitative estimate of drug-likeness (QED) is 0.595. The molecule has 0 aliphatic carbocycles. The van der Waals surface area contributed by atoms with Gasteiger partial charge in [-0.15, -0.1) is 11.8 Å². The zero-order valence-corrected chi connectivity index (χ0v) is 18.7. The maximum atomic E-state index is 12.8. The molecular formula is C23H22N4O5S. The molecular weight excluding hydrogens is 444 g/mol. The molecule has 3 aromatic rings. The standard InChI is InChI=1S/C23H22N4O5S/c1-13-4-2-5-15-19(13)25-21(30)26(20(15)29)9-3-8-23-12-27(22(31-23)32-23)14-6-7-17-16(10-14)24-18(28)11-33-17/h2,4-7,10,22H,3,8-9,11-12H2,1H3,(H,24,28)(H,25,30). The van der Waals surface area contributed by atoms with Crippen LogP contribution in [-0.4, -0.2) is 40.0 Å². The van der Waals surface area contributed by atoms with Gasteiger partial charge in [0.05, 0.1) is 28.9 Å². The molecule has 0 saturated carbocycles. The second kappa shape index (κ2) is 7.47. The van der Waals surface area contributed by atoms with E-state index in [1.54, 1.807) is 6.07 Å². The van der Waals surface area contributed by atoms with Gasteiger partial charge in [0.15, 0.2) is 5.79 Å². The average molecular weight is 467 g/mol. The van der Waals surface area contributed by atoms with Crippen LogP contribution in [0.1, 0.15) is 18.4 Å². The summed E-state index contributed by atoms with van der Waals surface area (Å²) in [6, 6.07) is 11.3. The number of amides is 1. The lowest BCUT2D eigenvalue weighted by Crippen LogP contribution is -2.47. The monoisotopic (exact) mass is 466 g/mol. The number of thioether (sulfide) groups is 1. The summed E-state index contributed by atoms with van der Waals surface area (Å²) < 4.78 is 13.2. The molecule has 5 heterocycles. The van der Waals surface area contributed by atoms with E-state index in [0.29, 0.717) is 36.0 Å². The van der Waals surface area contributed by atoms with Crippen molar-refractivity contribution in [2.24, 2.45) is 0 Å². The number of carbonyl (C=O) groups is 1. The molecule has 4 aliphatic heterocycles. The minimum atomic E-state index is -0.748. The summed E-state index contributed by atoms with van der Waals surface area (Å²) in [5.74, 6) is -0.326. The maximum Gasteiger partial charge on any atom is 0.328 e. The van der Waals surface area contributed by atoms with Gasteiger partial charge in [-0.2, -0.15) is 0 Å². The fraction of sp³-hybridized carbons (Fsp3) is 0.348. The Morgan fingerprint density at radius 1 is 1.18 bits per heavy atom. The summed E-state index contributed by atoms with van der Waals surface area (Å²) in [5, 5.41) is 3.42. The number of nitrogens with zero attached hydrogens (tertiary/aromatic N) is 2. The van der Waals surface area contributed by atoms with Crippen LogP contribution >= 0.6 is 11.8 Å². The van der Waals surface area contributed by atoms with Gasteiger partial charge in [0.25, 0.3) is 5.56 Å². The van der Waals surface area contributed by atoms with Crippen LogP contribution in [0.15, 0.2) is 50.9 Å².